The first-order valence-electron chi connectivity index (χ1n) is 5.30. The average Bonchev–Trinajstić information content (AvgIpc) is 2.18. The number of nitrogens with zero attached hydrogens (tertiary/aromatic N) is 1. The Balaban J connectivity index is 2.29. The highest BCUT2D eigenvalue weighted by Crippen LogP contribution is 2.20. The molecular weight excluding hydrogens is 212 g/mol. The fraction of sp³-hybridized carbons (Fsp3) is 0.800. The zero-order valence-corrected chi connectivity index (χ0v) is 9.71. The van der Waals surface area contributed by atoms with E-state index in [-0.39, 0.29) is 11.8 Å². The van der Waals surface area contributed by atoms with Gasteiger partial charge < -0.3 is 10.6 Å². The number of carbonyl (C=O) groups is 2. The predicted molar refractivity (Wildman–Crippen MR) is 61.6 cm³/mol. The van der Waals surface area contributed by atoms with Gasteiger partial charge in [-0.1, -0.05) is 0 Å². The summed E-state index contributed by atoms with van der Waals surface area (Å²) in [6.07, 6.45) is 2.74. The molecule has 4 nitrogen and oxygen atoms in total. The molecule has 0 unspecified atom stereocenters. The Labute approximate surface area is 95.6 Å². The molecule has 2 N–H and O–H groups in total. The summed E-state index contributed by atoms with van der Waals surface area (Å²) in [4.78, 5) is 24.1. The van der Waals surface area contributed by atoms with Gasteiger partial charge in [0.2, 0.25) is 11.8 Å². The molecular formula is C10H18N2O2S. The van der Waals surface area contributed by atoms with Crippen molar-refractivity contribution in [1.82, 2.24) is 4.90 Å². The minimum atomic E-state index is -0.241. The Bertz CT molecular complexity index is 238. The van der Waals surface area contributed by atoms with Gasteiger partial charge in [0.1, 0.15) is 0 Å². The Hall–Kier alpha value is -0.710. The molecule has 0 radical (unpaired) electrons. The Morgan fingerprint density at radius 3 is 2.40 bits per heavy atom. The number of nitrogens with two attached hydrogens (primary N) is 1. The first-order chi connectivity index (χ1) is 7.13. The molecule has 1 rings (SSSR count). The average molecular weight is 230 g/mol. The van der Waals surface area contributed by atoms with Crippen molar-refractivity contribution in [2.75, 3.05) is 18.8 Å². The van der Waals surface area contributed by atoms with E-state index in [0.717, 1.165) is 25.9 Å². The summed E-state index contributed by atoms with van der Waals surface area (Å²) in [5, 5.41) is 0. The number of primary amides is 1. The molecule has 0 aromatic rings. The van der Waals surface area contributed by atoms with E-state index in [1.54, 1.807) is 0 Å². The second-order valence-corrected chi connectivity index (χ2v) is 4.42. The van der Waals surface area contributed by atoms with Gasteiger partial charge in [-0.05, 0) is 24.5 Å². The van der Waals surface area contributed by atoms with Crippen LogP contribution in [0.5, 0.6) is 0 Å². The van der Waals surface area contributed by atoms with E-state index in [1.807, 2.05) is 4.90 Å². The highest BCUT2D eigenvalue weighted by atomic mass is 32.1. The van der Waals surface area contributed by atoms with Crippen LogP contribution in [-0.2, 0) is 9.59 Å². The van der Waals surface area contributed by atoms with Crippen molar-refractivity contribution >= 4 is 24.4 Å². The van der Waals surface area contributed by atoms with Crippen LogP contribution >= 0.6 is 12.6 Å². The first kappa shape index (κ1) is 12.4. The van der Waals surface area contributed by atoms with E-state index < -0.39 is 0 Å². The second kappa shape index (κ2) is 6.00. The Morgan fingerprint density at radius 2 is 1.93 bits per heavy atom. The Morgan fingerprint density at radius 1 is 1.33 bits per heavy atom. The number of thiol groups is 1. The fourth-order valence-electron chi connectivity index (χ4n) is 1.92. The molecule has 1 aliphatic heterocycles. The maximum atomic E-state index is 11.5. The van der Waals surface area contributed by atoms with Gasteiger partial charge in [0.25, 0.3) is 0 Å². The van der Waals surface area contributed by atoms with Crippen LogP contribution in [0.15, 0.2) is 0 Å². The van der Waals surface area contributed by atoms with Gasteiger partial charge >= 0.3 is 0 Å². The standard InChI is InChI=1S/C10H18N2O2S/c11-9(13)7-8-1-4-12(5-2-8)10(14)3-6-15/h8,15H,1-7H2,(H2,11,13). The maximum absolute atomic E-state index is 11.5. The largest absolute Gasteiger partial charge is 0.370 e. The molecule has 1 heterocycles. The predicted octanol–water partition coefficient (Wildman–Crippen LogP) is 0.420. The third kappa shape index (κ3) is 4.11. The van der Waals surface area contributed by atoms with Crippen LogP contribution in [0.1, 0.15) is 25.7 Å². The quantitative estimate of drug-likeness (QED) is 0.688. The molecule has 0 aromatic carbocycles. The van der Waals surface area contributed by atoms with Crippen molar-refractivity contribution in [3.63, 3.8) is 0 Å². The highest BCUT2D eigenvalue weighted by molar-refractivity contribution is 7.80. The van der Waals surface area contributed by atoms with E-state index in [1.165, 1.54) is 0 Å². The highest BCUT2D eigenvalue weighted by Gasteiger charge is 2.22. The summed E-state index contributed by atoms with van der Waals surface area (Å²) in [7, 11) is 0. The molecule has 0 aromatic heterocycles. The SMILES string of the molecule is NC(=O)CC1CCN(C(=O)CCS)CC1. The third-order valence-corrected chi connectivity index (χ3v) is 3.01. The molecule has 1 aliphatic rings. The molecule has 0 saturated carbocycles. The van der Waals surface area contributed by atoms with Crippen molar-refractivity contribution in [1.29, 1.82) is 0 Å². The number of likely N-dealkylation sites (tertiary alicyclic amines) is 1. The third-order valence-electron chi connectivity index (χ3n) is 2.78. The first-order valence-corrected chi connectivity index (χ1v) is 5.93. The molecule has 1 fully saturated rings. The molecule has 5 heteroatoms. The molecule has 1 saturated heterocycles. The minimum absolute atomic E-state index is 0.169. The van der Waals surface area contributed by atoms with Crippen LogP contribution in [0.2, 0.25) is 0 Å². The van der Waals surface area contributed by atoms with Gasteiger partial charge in [-0.2, -0.15) is 12.6 Å². The summed E-state index contributed by atoms with van der Waals surface area (Å²) < 4.78 is 0. The smallest absolute Gasteiger partial charge is 0.223 e. The zero-order chi connectivity index (χ0) is 11.3. The maximum Gasteiger partial charge on any atom is 0.223 e. The summed E-state index contributed by atoms with van der Waals surface area (Å²) >= 11 is 4.03. The van der Waals surface area contributed by atoms with E-state index in [4.69, 9.17) is 5.73 Å². The van der Waals surface area contributed by atoms with Gasteiger partial charge in [-0.25, -0.2) is 0 Å². The van der Waals surface area contributed by atoms with Crippen LogP contribution in [0.4, 0.5) is 0 Å². The van der Waals surface area contributed by atoms with Crippen LogP contribution in [-0.4, -0.2) is 35.6 Å². The van der Waals surface area contributed by atoms with Crippen molar-refractivity contribution in [2.24, 2.45) is 11.7 Å². The van der Waals surface area contributed by atoms with Gasteiger partial charge in [-0.3, -0.25) is 9.59 Å². The van der Waals surface area contributed by atoms with Crippen molar-refractivity contribution in [3.8, 4) is 0 Å². The lowest BCUT2D eigenvalue weighted by Crippen LogP contribution is -2.39. The van der Waals surface area contributed by atoms with Crippen molar-refractivity contribution in [3.05, 3.63) is 0 Å². The van der Waals surface area contributed by atoms with E-state index in [9.17, 15) is 9.59 Å². The summed E-state index contributed by atoms with van der Waals surface area (Å²) in [6, 6.07) is 0. The van der Waals surface area contributed by atoms with Crippen molar-refractivity contribution < 1.29 is 9.59 Å². The van der Waals surface area contributed by atoms with Gasteiger partial charge in [0, 0.05) is 25.9 Å². The molecule has 0 aliphatic carbocycles. The second-order valence-electron chi connectivity index (χ2n) is 3.97. The van der Waals surface area contributed by atoms with E-state index in [0.29, 0.717) is 24.5 Å². The fourth-order valence-corrected chi connectivity index (χ4v) is 2.12. The summed E-state index contributed by atoms with van der Waals surface area (Å²) in [5.41, 5.74) is 5.14. The van der Waals surface area contributed by atoms with Crippen molar-refractivity contribution in [2.45, 2.75) is 25.7 Å². The minimum Gasteiger partial charge on any atom is -0.370 e. The monoisotopic (exact) mass is 230 g/mol. The lowest BCUT2D eigenvalue weighted by Gasteiger charge is -2.31. The number of carbonyl (C=O) groups excluding carboxylic acids is 2. The lowest BCUT2D eigenvalue weighted by atomic mass is 9.93. The molecule has 0 spiro atoms. The molecule has 0 atom stereocenters. The normalized spacial score (nSPS) is 17.8. The van der Waals surface area contributed by atoms with Gasteiger partial charge in [-0.15, -0.1) is 0 Å². The van der Waals surface area contributed by atoms with Crippen LogP contribution in [0, 0.1) is 5.92 Å². The summed E-state index contributed by atoms with van der Waals surface area (Å²) in [6.45, 7) is 1.51. The number of hydrogen-bond donors (Lipinski definition) is 2. The molecule has 0 bridgehead atoms. The number of hydrogen-bond acceptors (Lipinski definition) is 3. The van der Waals surface area contributed by atoms with Crippen LogP contribution < -0.4 is 5.73 Å². The molecule has 2 amide bonds. The van der Waals surface area contributed by atoms with E-state index >= 15 is 0 Å². The summed E-state index contributed by atoms with van der Waals surface area (Å²) in [5.74, 6) is 0.889. The topological polar surface area (TPSA) is 63.4 Å². The Kier molecular flexibility index (Phi) is 4.94. The van der Waals surface area contributed by atoms with Gasteiger partial charge in [0.05, 0.1) is 0 Å². The van der Waals surface area contributed by atoms with E-state index in [2.05, 4.69) is 12.6 Å². The van der Waals surface area contributed by atoms with Crippen LogP contribution in [0.3, 0.4) is 0 Å². The zero-order valence-electron chi connectivity index (χ0n) is 8.82. The number of rotatable bonds is 4. The lowest BCUT2D eigenvalue weighted by molar-refractivity contribution is -0.132. The number of piperidine rings is 1. The molecule has 86 valence electrons. The number of amides is 2. The van der Waals surface area contributed by atoms with Crippen LogP contribution in [0.25, 0.3) is 0 Å². The molecule has 15 heavy (non-hydrogen) atoms. The van der Waals surface area contributed by atoms with Gasteiger partial charge in [0.15, 0.2) is 0 Å².